The Hall–Kier alpha value is -3.39. The fraction of sp³-hybridized carbons (Fsp3) is 0.370. The third-order valence-electron chi connectivity index (χ3n) is 6.91. The maximum absolute atomic E-state index is 12.9. The Morgan fingerprint density at radius 3 is 2.69 bits per heavy atom. The molecule has 0 spiro atoms. The number of nitrogens with one attached hydrogen (secondary N) is 2. The number of ether oxygens (including phenoxy) is 1. The van der Waals surface area contributed by atoms with E-state index >= 15 is 0 Å². The number of para-hydroxylation sites is 2. The molecule has 7 nitrogen and oxygen atoms in total. The van der Waals surface area contributed by atoms with Gasteiger partial charge in [0.1, 0.15) is 5.75 Å². The van der Waals surface area contributed by atoms with Gasteiger partial charge in [-0.1, -0.05) is 18.2 Å². The predicted octanol–water partition coefficient (Wildman–Crippen LogP) is 4.84. The number of hydrogen-bond donors (Lipinski definition) is 2. The summed E-state index contributed by atoms with van der Waals surface area (Å²) in [6, 6.07) is 16.1. The lowest BCUT2D eigenvalue weighted by Gasteiger charge is -2.28. The highest BCUT2D eigenvalue weighted by atomic mass is 32.1. The van der Waals surface area contributed by atoms with Crippen molar-refractivity contribution < 1.29 is 9.53 Å². The predicted molar refractivity (Wildman–Crippen MR) is 141 cm³/mol. The topological polar surface area (TPSA) is 71.4 Å². The lowest BCUT2D eigenvalue weighted by atomic mass is 9.96. The molecule has 1 aliphatic carbocycles. The van der Waals surface area contributed by atoms with E-state index in [1.165, 1.54) is 29.8 Å². The van der Waals surface area contributed by atoms with Crippen LogP contribution in [0.5, 0.6) is 5.75 Å². The van der Waals surface area contributed by atoms with Crippen LogP contribution in [-0.4, -0.2) is 39.1 Å². The molecule has 1 aromatic carbocycles. The van der Waals surface area contributed by atoms with Crippen molar-refractivity contribution in [1.82, 2.24) is 19.8 Å². The normalized spacial score (nSPS) is 19.5. The summed E-state index contributed by atoms with van der Waals surface area (Å²) < 4.78 is 7.82. The van der Waals surface area contributed by atoms with Crippen molar-refractivity contribution in [3.8, 4) is 5.75 Å². The molecule has 0 radical (unpaired) electrons. The van der Waals surface area contributed by atoms with Gasteiger partial charge in [-0.25, -0.2) is 0 Å². The van der Waals surface area contributed by atoms with E-state index in [0.717, 1.165) is 5.69 Å². The molecule has 1 saturated heterocycles. The highest BCUT2D eigenvalue weighted by Crippen LogP contribution is 2.44. The summed E-state index contributed by atoms with van der Waals surface area (Å²) in [6.07, 6.45) is 4.57. The average Bonchev–Trinajstić information content (AvgIpc) is 3.58. The van der Waals surface area contributed by atoms with Gasteiger partial charge >= 0.3 is 0 Å². The number of nitrogens with zero attached hydrogens (tertiary/aromatic N) is 3. The molecule has 35 heavy (non-hydrogen) atoms. The van der Waals surface area contributed by atoms with Crippen LogP contribution >= 0.6 is 12.2 Å². The first-order valence-electron chi connectivity index (χ1n) is 12.1. The van der Waals surface area contributed by atoms with Crippen LogP contribution in [0.3, 0.4) is 0 Å². The SMILES string of the molecule is COc1ccccc1NC(=O)CCN1C(=S)NC(c2ccccn2)C1c1cc(C)n(C2CC2)c1C. The van der Waals surface area contributed by atoms with Gasteiger partial charge in [-0.05, 0) is 74.8 Å². The highest BCUT2D eigenvalue weighted by Gasteiger charge is 2.42. The van der Waals surface area contributed by atoms with Gasteiger partial charge in [0.25, 0.3) is 0 Å². The van der Waals surface area contributed by atoms with Crippen molar-refractivity contribution in [1.29, 1.82) is 0 Å². The zero-order valence-corrected chi connectivity index (χ0v) is 21.1. The Bertz CT molecular complexity index is 1240. The molecule has 2 fully saturated rings. The van der Waals surface area contributed by atoms with Crippen LogP contribution in [-0.2, 0) is 4.79 Å². The van der Waals surface area contributed by atoms with Crippen LogP contribution in [0.4, 0.5) is 5.69 Å². The van der Waals surface area contributed by atoms with Crippen molar-refractivity contribution in [2.24, 2.45) is 0 Å². The lowest BCUT2D eigenvalue weighted by molar-refractivity contribution is -0.116. The maximum atomic E-state index is 12.9. The van der Waals surface area contributed by atoms with E-state index in [-0.39, 0.29) is 18.0 Å². The monoisotopic (exact) mass is 489 g/mol. The number of benzene rings is 1. The Balaban J connectivity index is 1.41. The van der Waals surface area contributed by atoms with E-state index in [4.69, 9.17) is 17.0 Å². The molecule has 1 amide bonds. The number of methoxy groups -OCH3 is 1. The first-order chi connectivity index (χ1) is 17.0. The van der Waals surface area contributed by atoms with Crippen LogP contribution in [0.1, 0.15) is 60.0 Å². The zero-order chi connectivity index (χ0) is 24.5. The summed E-state index contributed by atoms with van der Waals surface area (Å²) in [7, 11) is 1.60. The Labute approximate surface area is 211 Å². The smallest absolute Gasteiger partial charge is 0.226 e. The molecular weight excluding hydrogens is 458 g/mol. The van der Waals surface area contributed by atoms with Crippen molar-refractivity contribution in [2.45, 2.75) is 51.2 Å². The number of pyridine rings is 1. The summed E-state index contributed by atoms with van der Waals surface area (Å²) in [5, 5.41) is 7.12. The van der Waals surface area contributed by atoms with Gasteiger partial charge in [-0.15, -0.1) is 0 Å². The number of amides is 1. The molecule has 2 aliphatic rings. The summed E-state index contributed by atoms with van der Waals surface area (Å²) in [4.78, 5) is 19.7. The van der Waals surface area contributed by atoms with E-state index in [9.17, 15) is 4.79 Å². The van der Waals surface area contributed by atoms with Gasteiger partial charge in [0.2, 0.25) is 5.91 Å². The van der Waals surface area contributed by atoms with Gasteiger partial charge in [0.15, 0.2) is 5.11 Å². The van der Waals surface area contributed by atoms with E-state index in [2.05, 4.69) is 45.0 Å². The van der Waals surface area contributed by atoms with Crippen molar-refractivity contribution in [2.75, 3.05) is 19.0 Å². The lowest BCUT2D eigenvalue weighted by Crippen LogP contribution is -2.33. The minimum absolute atomic E-state index is 0.0461. The highest BCUT2D eigenvalue weighted by molar-refractivity contribution is 7.80. The Morgan fingerprint density at radius 1 is 1.20 bits per heavy atom. The molecule has 1 aliphatic heterocycles. The van der Waals surface area contributed by atoms with Crippen molar-refractivity contribution >= 4 is 28.9 Å². The van der Waals surface area contributed by atoms with Gasteiger partial charge in [0.05, 0.1) is 30.6 Å². The molecule has 3 aromatic rings. The molecule has 1 saturated carbocycles. The van der Waals surface area contributed by atoms with Crippen LogP contribution in [0.25, 0.3) is 0 Å². The minimum atomic E-state index is -0.0888. The minimum Gasteiger partial charge on any atom is -0.495 e. The summed E-state index contributed by atoms with van der Waals surface area (Å²) in [5.74, 6) is 0.556. The second kappa shape index (κ2) is 9.70. The van der Waals surface area contributed by atoms with Crippen LogP contribution < -0.4 is 15.4 Å². The zero-order valence-electron chi connectivity index (χ0n) is 20.3. The summed E-state index contributed by atoms with van der Waals surface area (Å²) in [6.45, 7) is 4.87. The number of carbonyl (C=O) groups excluding carboxylic acids is 1. The van der Waals surface area contributed by atoms with Crippen molar-refractivity contribution in [3.05, 3.63) is 77.4 Å². The molecule has 2 atom stereocenters. The standard InChI is InChI=1S/C27H31N5O2S/c1-17-16-20(18(2)32(17)19-11-12-19)26-25(22-9-6-7-14-28-22)30-27(35)31(26)15-13-24(33)29-21-8-4-5-10-23(21)34-3/h4-10,14,16,19,25-26H,11-13,15H2,1-3H3,(H,29,33)(H,30,35). The third-order valence-corrected chi connectivity index (χ3v) is 7.27. The number of hydrogen-bond acceptors (Lipinski definition) is 4. The van der Waals surface area contributed by atoms with E-state index in [1.807, 2.05) is 48.7 Å². The third kappa shape index (κ3) is 4.62. The van der Waals surface area contributed by atoms with E-state index in [0.29, 0.717) is 35.6 Å². The molecular formula is C27H31N5O2S. The second-order valence-corrected chi connectivity index (χ2v) is 9.63. The molecule has 2 aromatic heterocycles. The fourth-order valence-corrected chi connectivity index (χ4v) is 5.50. The van der Waals surface area contributed by atoms with Crippen LogP contribution in [0, 0.1) is 13.8 Å². The quantitative estimate of drug-likeness (QED) is 0.441. The summed E-state index contributed by atoms with van der Waals surface area (Å²) in [5.41, 5.74) is 5.38. The average molecular weight is 490 g/mol. The molecule has 2 N–H and O–H groups in total. The molecule has 8 heteroatoms. The fourth-order valence-electron chi connectivity index (χ4n) is 5.16. The van der Waals surface area contributed by atoms with Gasteiger partial charge < -0.3 is 24.8 Å². The Morgan fingerprint density at radius 2 is 1.97 bits per heavy atom. The number of anilines is 1. The molecule has 182 valence electrons. The number of rotatable bonds is 8. The van der Waals surface area contributed by atoms with Crippen molar-refractivity contribution in [3.63, 3.8) is 0 Å². The largest absolute Gasteiger partial charge is 0.495 e. The first-order valence-corrected chi connectivity index (χ1v) is 12.5. The Kier molecular flexibility index (Phi) is 6.47. The van der Waals surface area contributed by atoms with Crippen LogP contribution in [0.15, 0.2) is 54.7 Å². The second-order valence-electron chi connectivity index (χ2n) is 9.25. The molecule has 2 unspecified atom stereocenters. The van der Waals surface area contributed by atoms with E-state index in [1.54, 1.807) is 7.11 Å². The molecule has 3 heterocycles. The molecule has 0 bridgehead atoms. The molecule has 5 rings (SSSR count). The summed E-state index contributed by atoms with van der Waals surface area (Å²) >= 11 is 5.79. The first kappa shape index (κ1) is 23.4. The van der Waals surface area contributed by atoms with Gasteiger partial charge in [0, 0.05) is 36.6 Å². The number of aryl methyl sites for hydroxylation is 1. The van der Waals surface area contributed by atoms with Gasteiger partial charge in [-0.3, -0.25) is 9.78 Å². The van der Waals surface area contributed by atoms with Crippen LogP contribution in [0.2, 0.25) is 0 Å². The maximum Gasteiger partial charge on any atom is 0.226 e. The number of thiocarbonyl (C=S) groups is 1. The van der Waals surface area contributed by atoms with Gasteiger partial charge in [-0.2, -0.15) is 0 Å². The number of carbonyl (C=O) groups is 1. The van der Waals surface area contributed by atoms with E-state index < -0.39 is 0 Å². The number of aromatic nitrogens is 2.